The van der Waals surface area contributed by atoms with E-state index in [1.165, 1.54) is 24.3 Å². The van der Waals surface area contributed by atoms with Crippen molar-refractivity contribution in [2.24, 2.45) is 0 Å². The summed E-state index contributed by atoms with van der Waals surface area (Å²) in [5, 5.41) is 3.48. The third-order valence-corrected chi connectivity index (χ3v) is 11.9. The number of aryl methyl sites for hydroxylation is 1. The van der Waals surface area contributed by atoms with E-state index in [0.29, 0.717) is 32.8 Å². The van der Waals surface area contributed by atoms with Gasteiger partial charge >= 0.3 is 59.1 Å². The molecule has 0 unspecified atom stereocenters. The van der Waals surface area contributed by atoms with Crippen molar-refractivity contribution in [3.63, 3.8) is 0 Å². The summed E-state index contributed by atoms with van der Waals surface area (Å²) >= 11 is 0. The van der Waals surface area contributed by atoms with Crippen molar-refractivity contribution in [1.29, 1.82) is 0 Å². The molecular formula is C47H48ClN3Na2O7S2. The SMILES string of the molecule is CCOc1ccc(Nc2ccc(/C(=C3/C=CC(=[N+](CC)Cc4cccc(S(=O)(=O)[O-])c4)C=C3C)c3ccc(N(CC)Cc4cccc(S(=O)(=O)[O-])c4)cc3C)cc2)cc1.[Cl-].[Na+].[Na+]. The van der Waals surface area contributed by atoms with Crippen LogP contribution in [-0.2, 0) is 33.3 Å². The average Bonchev–Trinajstić information content (AvgIpc) is 3.21. The number of benzene rings is 5. The number of nitrogens with one attached hydrogen (secondary N) is 1. The molecular weight excluding hydrogens is 864 g/mol. The van der Waals surface area contributed by atoms with Gasteiger partial charge in [0.25, 0.3) is 0 Å². The molecule has 1 N–H and O–H groups in total. The summed E-state index contributed by atoms with van der Waals surface area (Å²) in [6.45, 7) is 12.9. The van der Waals surface area contributed by atoms with Crippen molar-refractivity contribution >= 4 is 48.6 Å². The van der Waals surface area contributed by atoms with Crippen molar-refractivity contribution in [3.05, 3.63) is 172 Å². The maximum Gasteiger partial charge on any atom is 1.00 e. The maximum absolute atomic E-state index is 11.7. The van der Waals surface area contributed by atoms with E-state index in [4.69, 9.17) is 4.74 Å². The number of hydrogen-bond acceptors (Lipinski definition) is 9. The van der Waals surface area contributed by atoms with Crippen LogP contribution in [0.1, 0.15) is 55.5 Å². The first-order chi connectivity index (χ1) is 28.2. The van der Waals surface area contributed by atoms with Gasteiger partial charge in [0.1, 0.15) is 32.5 Å². The Kier molecular flexibility index (Phi) is 20.0. The van der Waals surface area contributed by atoms with E-state index in [1.54, 1.807) is 12.1 Å². The Morgan fingerprint density at radius 3 is 1.84 bits per heavy atom. The Labute approximate surface area is 417 Å². The van der Waals surface area contributed by atoms with Crippen LogP contribution in [0.2, 0.25) is 0 Å². The van der Waals surface area contributed by atoms with Gasteiger partial charge in [0.2, 0.25) is 0 Å². The van der Waals surface area contributed by atoms with Crippen LogP contribution in [0.3, 0.4) is 0 Å². The normalized spacial score (nSPS) is 14.0. The Morgan fingerprint density at radius 2 is 1.31 bits per heavy atom. The summed E-state index contributed by atoms with van der Waals surface area (Å²) in [6.07, 6.45) is 6.32. The molecule has 0 bridgehead atoms. The van der Waals surface area contributed by atoms with Crippen LogP contribution in [0.25, 0.3) is 5.57 Å². The molecule has 5 aromatic rings. The number of ether oxygens (including phenoxy) is 1. The standard InChI is InChI=1S/C47H49N3O7S2.ClH.2Na/c1-6-49(31-35-11-9-13-43(29-35)58(51,52)53)40-21-25-45(33(4)27-40)47(37-15-17-38(18-16-37)48-39-19-23-42(24-20-39)57-8-3)46-26-22-41(28-34(46)5)50(7-2)32-36-12-10-14-44(30-36)59(54,55)56;;;/h9-30H,6-8,31-32H2,1-5H3,(H2,51,52,53,54,55,56);1H;;/q;;2*+1/p-2. The molecule has 0 atom stereocenters. The van der Waals surface area contributed by atoms with Crippen molar-refractivity contribution in [2.75, 3.05) is 29.9 Å². The smallest absolute Gasteiger partial charge is 1.00 e. The first-order valence-electron chi connectivity index (χ1n) is 19.5. The summed E-state index contributed by atoms with van der Waals surface area (Å²) in [5.41, 5.74) is 11.4. The fourth-order valence-electron chi connectivity index (χ4n) is 7.21. The van der Waals surface area contributed by atoms with Gasteiger partial charge in [-0.3, -0.25) is 0 Å². The summed E-state index contributed by atoms with van der Waals surface area (Å²) in [4.78, 5) is 1.64. The van der Waals surface area contributed by atoms with Gasteiger partial charge in [-0.05, 0) is 152 Å². The van der Waals surface area contributed by atoms with Gasteiger partial charge in [-0.2, -0.15) is 0 Å². The Morgan fingerprint density at radius 1 is 0.726 bits per heavy atom. The van der Waals surface area contributed by atoms with E-state index in [-0.39, 0.29) is 81.3 Å². The molecule has 0 fully saturated rings. The number of rotatable bonds is 15. The molecule has 5 aromatic carbocycles. The second-order valence-electron chi connectivity index (χ2n) is 14.3. The van der Waals surface area contributed by atoms with E-state index in [2.05, 4.69) is 89.3 Å². The quantitative estimate of drug-likeness (QED) is 0.0873. The van der Waals surface area contributed by atoms with Crippen LogP contribution < -0.4 is 86.5 Å². The molecule has 0 heterocycles. The molecule has 62 heavy (non-hydrogen) atoms. The van der Waals surface area contributed by atoms with Crippen LogP contribution in [0.15, 0.2) is 154 Å². The predicted octanol–water partition coefficient (Wildman–Crippen LogP) is -0.0244. The van der Waals surface area contributed by atoms with Crippen LogP contribution >= 0.6 is 0 Å². The van der Waals surface area contributed by atoms with E-state index in [0.717, 1.165) is 73.1 Å². The number of nitrogens with zero attached hydrogens (tertiary/aromatic N) is 2. The first kappa shape index (κ1) is 52.8. The van der Waals surface area contributed by atoms with Gasteiger partial charge in [-0.1, -0.05) is 42.5 Å². The Balaban J connectivity index is 0.00000341. The molecule has 15 heteroatoms. The Bertz CT molecular complexity index is 2700. The van der Waals surface area contributed by atoms with Gasteiger partial charge in [-0.25, -0.2) is 21.4 Å². The van der Waals surface area contributed by atoms with Crippen LogP contribution in [-0.4, -0.2) is 55.9 Å². The molecule has 0 saturated heterocycles. The third-order valence-electron chi connectivity index (χ3n) is 10.2. The molecule has 6 rings (SSSR count). The third kappa shape index (κ3) is 13.5. The molecule has 0 amide bonds. The number of anilines is 3. The summed E-state index contributed by atoms with van der Waals surface area (Å²) in [7, 11) is -9.15. The van der Waals surface area contributed by atoms with Crippen molar-refractivity contribution in [1.82, 2.24) is 0 Å². The number of allylic oxidation sites excluding steroid dienone is 5. The average molecular weight is 912 g/mol. The fourth-order valence-corrected chi connectivity index (χ4v) is 8.29. The van der Waals surface area contributed by atoms with Crippen molar-refractivity contribution in [2.45, 2.75) is 57.5 Å². The number of halogens is 1. The zero-order valence-electron chi connectivity index (χ0n) is 36.2. The van der Waals surface area contributed by atoms with E-state index in [1.807, 2.05) is 57.2 Å². The summed E-state index contributed by atoms with van der Waals surface area (Å²) in [6, 6.07) is 34.8. The molecule has 0 aliphatic heterocycles. The van der Waals surface area contributed by atoms with Gasteiger partial charge in [0.15, 0.2) is 12.3 Å². The summed E-state index contributed by atoms with van der Waals surface area (Å²) in [5.74, 6) is 0.812. The molecule has 0 spiro atoms. The number of hydrogen-bond donors (Lipinski definition) is 1. The predicted molar refractivity (Wildman–Crippen MR) is 232 cm³/mol. The zero-order valence-corrected chi connectivity index (χ0v) is 42.6. The summed E-state index contributed by atoms with van der Waals surface area (Å²) < 4.78 is 78.1. The molecule has 314 valence electrons. The molecule has 1 aliphatic carbocycles. The Hall–Kier alpha value is -3.50. The van der Waals surface area contributed by atoms with Gasteiger partial charge < -0.3 is 36.5 Å². The maximum atomic E-state index is 11.7. The molecule has 0 aromatic heterocycles. The monoisotopic (exact) mass is 911 g/mol. The van der Waals surface area contributed by atoms with E-state index >= 15 is 0 Å². The van der Waals surface area contributed by atoms with E-state index < -0.39 is 20.2 Å². The van der Waals surface area contributed by atoms with Crippen LogP contribution in [0, 0.1) is 6.92 Å². The molecule has 10 nitrogen and oxygen atoms in total. The molecule has 1 aliphatic rings. The topological polar surface area (TPSA) is 142 Å². The van der Waals surface area contributed by atoms with Crippen molar-refractivity contribution in [3.8, 4) is 5.75 Å². The van der Waals surface area contributed by atoms with Crippen LogP contribution in [0.5, 0.6) is 5.75 Å². The minimum atomic E-state index is -4.58. The molecule has 0 saturated carbocycles. The van der Waals surface area contributed by atoms with Crippen molar-refractivity contribution < 1.29 is 107 Å². The van der Waals surface area contributed by atoms with E-state index in [9.17, 15) is 25.9 Å². The van der Waals surface area contributed by atoms with Gasteiger partial charge in [-0.15, -0.1) is 0 Å². The van der Waals surface area contributed by atoms with Gasteiger partial charge in [0, 0.05) is 47.9 Å². The minimum Gasteiger partial charge on any atom is -1.00 e. The second kappa shape index (κ2) is 23.4. The van der Waals surface area contributed by atoms with Gasteiger partial charge in [0.05, 0.1) is 16.4 Å². The minimum absolute atomic E-state index is 0. The largest absolute Gasteiger partial charge is 1.00 e. The second-order valence-corrected chi connectivity index (χ2v) is 17.0. The fraction of sp³-hybridized carbons (Fsp3) is 0.213. The van der Waals surface area contributed by atoms with Crippen LogP contribution in [0.4, 0.5) is 17.1 Å². The first-order valence-corrected chi connectivity index (χ1v) is 22.3. The molecule has 0 radical (unpaired) electrons. The zero-order chi connectivity index (χ0) is 42.3.